The summed E-state index contributed by atoms with van der Waals surface area (Å²) >= 11 is 0. The highest BCUT2D eigenvalue weighted by Crippen LogP contribution is 2.57. The molecule has 0 spiro atoms. The highest BCUT2D eigenvalue weighted by atomic mass is 31.2. The summed E-state index contributed by atoms with van der Waals surface area (Å²) < 4.78 is 22.7. The van der Waals surface area contributed by atoms with Crippen molar-refractivity contribution in [1.29, 1.82) is 0 Å². The van der Waals surface area contributed by atoms with Crippen LogP contribution in [0.1, 0.15) is 24.4 Å². The Morgan fingerprint density at radius 1 is 1.33 bits per heavy atom. The Morgan fingerprint density at radius 2 is 1.95 bits per heavy atom. The fraction of sp³-hybridized carbons (Fsp3) is 0.500. The van der Waals surface area contributed by atoms with Gasteiger partial charge >= 0.3 is 7.60 Å². The van der Waals surface area contributed by atoms with Crippen LogP contribution in [0.3, 0.4) is 0 Å². The SMILES string of the molecule is COP(=O)(OC)[C@H]1CCC(=O)N1[C@H](CO)c1ccccc1. The first kappa shape index (κ1) is 16.2. The lowest BCUT2D eigenvalue weighted by Crippen LogP contribution is -2.38. The zero-order chi connectivity index (χ0) is 15.5. The number of aliphatic hydroxyl groups excluding tert-OH is 1. The minimum absolute atomic E-state index is 0.155. The van der Waals surface area contributed by atoms with Gasteiger partial charge in [-0.3, -0.25) is 9.36 Å². The van der Waals surface area contributed by atoms with Crippen LogP contribution in [-0.4, -0.2) is 42.5 Å². The van der Waals surface area contributed by atoms with E-state index < -0.39 is 19.4 Å². The summed E-state index contributed by atoms with van der Waals surface area (Å²) in [5, 5.41) is 9.72. The number of carbonyl (C=O) groups excluding carboxylic acids is 1. The van der Waals surface area contributed by atoms with E-state index in [-0.39, 0.29) is 18.9 Å². The number of likely N-dealkylation sites (tertiary alicyclic amines) is 1. The lowest BCUT2D eigenvalue weighted by atomic mass is 10.1. The Balaban J connectivity index is 2.38. The van der Waals surface area contributed by atoms with Crippen LogP contribution in [0.25, 0.3) is 0 Å². The van der Waals surface area contributed by atoms with Crippen molar-refractivity contribution in [2.24, 2.45) is 0 Å². The van der Waals surface area contributed by atoms with Crippen molar-refractivity contribution >= 4 is 13.5 Å². The van der Waals surface area contributed by atoms with Gasteiger partial charge in [-0.25, -0.2) is 0 Å². The molecule has 1 aromatic rings. The van der Waals surface area contributed by atoms with Crippen LogP contribution in [0.2, 0.25) is 0 Å². The van der Waals surface area contributed by atoms with Gasteiger partial charge in [0.1, 0.15) is 5.78 Å². The second-order valence-electron chi connectivity index (χ2n) is 4.83. The molecule has 1 aliphatic rings. The van der Waals surface area contributed by atoms with Crippen LogP contribution in [0.15, 0.2) is 30.3 Å². The normalized spacial score (nSPS) is 20.8. The van der Waals surface area contributed by atoms with Crippen molar-refractivity contribution in [3.8, 4) is 0 Å². The maximum Gasteiger partial charge on any atom is 0.352 e. The zero-order valence-corrected chi connectivity index (χ0v) is 13.0. The summed E-state index contributed by atoms with van der Waals surface area (Å²) in [6, 6.07) is 8.63. The average Bonchev–Trinajstić information content (AvgIpc) is 2.91. The molecule has 1 amide bonds. The van der Waals surface area contributed by atoms with Crippen LogP contribution < -0.4 is 0 Å². The van der Waals surface area contributed by atoms with E-state index in [1.54, 1.807) is 0 Å². The minimum atomic E-state index is -3.42. The predicted molar refractivity (Wildman–Crippen MR) is 77.8 cm³/mol. The van der Waals surface area contributed by atoms with Crippen LogP contribution >= 0.6 is 7.60 Å². The van der Waals surface area contributed by atoms with Crippen LogP contribution in [0, 0.1) is 0 Å². The van der Waals surface area contributed by atoms with Gasteiger partial charge in [0.2, 0.25) is 5.91 Å². The number of hydrogen-bond donors (Lipinski definition) is 1. The van der Waals surface area contributed by atoms with Gasteiger partial charge in [0.25, 0.3) is 0 Å². The lowest BCUT2D eigenvalue weighted by Gasteiger charge is -2.34. The largest absolute Gasteiger partial charge is 0.394 e. The molecule has 1 saturated heterocycles. The van der Waals surface area contributed by atoms with Crippen molar-refractivity contribution < 1.29 is 23.5 Å². The number of carbonyl (C=O) groups is 1. The molecule has 1 aliphatic heterocycles. The fourth-order valence-corrected chi connectivity index (χ4v) is 4.40. The number of benzene rings is 1. The number of rotatable bonds is 6. The van der Waals surface area contributed by atoms with Gasteiger partial charge in [0.05, 0.1) is 12.6 Å². The quantitative estimate of drug-likeness (QED) is 0.814. The molecule has 1 fully saturated rings. The number of nitrogens with zero attached hydrogens (tertiary/aromatic N) is 1. The standard InChI is InChI=1S/C14H20NO5P/c1-19-21(18,20-2)14-9-8-13(17)15(14)12(10-16)11-6-4-3-5-7-11/h3-7,12,14,16H,8-10H2,1-2H3/t12-,14+/m1/s1. The molecule has 21 heavy (non-hydrogen) atoms. The van der Waals surface area contributed by atoms with Gasteiger partial charge in [-0.05, 0) is 12.0 Å². The summed E-state index contributed by atoms with van der Waals surface area (Å²) in [5.74, 6) is -0.824. The molecule has 116 valence electrons. The first-order chi connectivity index (χ1) is 10.1. The van der Waals surface area contributed by atoms with E-state index in [1.807, 2.05) is 30.3 Å². The average molecular weight is 313 g/mol. The highest BCUT2D eigenvalue weighted by Gasteiger charge is 2.47. The molecule has 0 aromatic heterocycles. The molecule has 1 aromatic carbocycles. The van der Waals surface area contributed by atoms with Gasteiger partial charge in [-0.1, -0.05) is 30.3 Å². The second kappa shape index (κ2) is 6.71. The van der Waals surface area contributed by atoms with Crippen molar-refractivity contribution in [2.75, 3.05) is 20.8 Å². The first-order valence-electron chi connectivity index (χ1n) is 6.75. The Bertz CT molecular complexity index is 527. The molecular formula is C14H20NO5P. The molecule has 6 nitrogen and oxygen atoms in total. The van der Waals surface area contributed by atoms with E-state index in [2.05, 4.69) is 0 Å². The van der Waals surface area contributed by atoms with Crippen LogP contribution in [0.5, 0.6) is 0 Å². The van der Waals surface area contributed by atoms with E-state index in [9.17, 15) is 14.5 Å². The van der Waals surface area contributed by atoms with E-state index in [4.69, 9.17) is 9.05 Å². The Hall–Kier alpha value is -1.20. The molecule has 0 saturated carbocycles. The summed E-state index contributed by atoms with van der Waals surface area (Å²) in [7, 11) is -0.801. The summed E-state index contributed by atoms with van der Waals surface area (Å²) in [5.41, 5.74) is 0.791. The maximum atomic E-state index is 12.6. The molecule has 2 rings (SSSR count). The van der Waals surface area contributed by atoms with Gasteiger partial charge in [-0.15, -0.1) is 0 Å². The molecule has 0 radical (unpaired) electrons. The lowest BCUT2D eigenvalue weighted by molar-refractivity contribution is -0.131. The molecule has 0 aliphatic carbocycles. The predicted octanol–water partition coefficient (Wildman–Crippen LogP) is 2.15. The first-order valence-corrected chi connectivity index (χ1v) is 8.36. The molecule has 0 unspecified atom stereocenters. The van der Waals surface area contributed by atoms with Gasteiger partial charge < -0.3 is 19.1 Å². The number of hydrogen-bond acceptors (Lipinski definition) is 5. The molecule has 0 bridgehead atoms. The molecule has 2 atom stereocenters. The number of amides is 1. The number of aliphatic hydroxyl groups is 1. The zero-order valence-electron chi connectivity index (χ0n) is 12.1. The maximum absolute atomic E-state index is 12.6. The monoisotopic (exact) mass is 313 g/mol. The molecule has 7 heteroatoms. The van der Waals surface area contributed by atoms with Crippen molar-refractivity contribution in [2.45, 2.75) is 24.7 Å². The Labute approximate surface area is 124 Å². The Morgan fingerprint density at radius 3 is 2.48 bits per heavy atom. The second-order valence-corrected chi connectivity index (χ2v) is 7.24. The molecule has 1 heterocycles. The summed E-state index contributed by atoms with van der Waals surface area (Å²) in [4.78, 5) is 13.7. The van der Waals surface area contributed by atoms with Crippen LogP contribution in [0.4, 0.5) is 0 Å². The van der Waals surface area contributed by atoms with E-state index in [0.29, 0.717) is 6.42 Å². The van der Waals surface area contributed by atoms with Gasteiger partial charge in [-0.2, -0.15) is 0 Å². The van der Waals surface area contributed by atoms with Crippen molar-refractivity contribution in [3.05, 3.63) is 35.9 Å². The van der Waals surface area contributed by atoms with Crippen LogP contribution in [-0.2, 0) is 18.4 Å². The highest BCUT2D eigenvalue weighted by molar-refractivity contribution is 7.54. The van der Waals surface area contributed by atoms with Gasteiger partial charge in [0, 0.05) is 20.6 Å². The van der Waals surface area contributed by atoms with Crippen molar-refractivity contribution in [1.82, 2.24) is 4.90 Å². The summed E-state index contributed by atoms with van der Waals surface area (Å²) in [6.07, 6.45) is 0.659. The van der Waals surface area contributed by atoms with E-state index in [1.165, 1.54) is 19.1 Å². The fourth-order valence-electron chi connectivity index (χ4n) is 2.73. The topological polar surface area (TPSA) is 76.1 Å². The molecule has 1 N–H and O–H groups in total. The molecular weight excluding hydrogens is 293 g/mol. The van der Waals surface area contributed by atoms with E-state index >= 15 is 0 Å². The smallest absolute Gasteiger partial charge is 0.352 e. The Kier molecular flexibility index (Phi) is 5.17. The third-order valence-corrected chi connectivity index (χ3v) is 6.05. The van der Waals surface area contributed by atoms with Crippen molar-refractivity contribution in [3.63, 3.8) is 0 Å². The van der Waals surface area contributed by atoms with E-state index in [0.717, 1.165) is 5.56 Å². The minimum Gasteiger partial charge on any atom is -0.394 e. The third-order valence-electron chi connectivity index (χ3n) is 3.79. The summed E-state index contributed by atoms with van der Waals surface area (Å²) in [6.45, 7) is -0.250. The van der Waals surface area contributed by atoms with Gasteiger partial charge in [0.15, 0.2) is 0 Å². The third kappa shape index (κ3) is 3.04.